The molecule has 0 radical (unpaired) electrons. The maximum absolute atomic E-state index is 12.4. The van der Waals surface area contributed by atoms with Crippen LogP contribution in [0.3, 0.4) is 0 Å². The number of ether oxygens (including phenoxy) is 1. The Kier molecular flexibility index (Phi) is 3.03. The Bertz CT molecular complexity index is 323. The molecule has 0 amide bonds. The van der Waals surface area contributed by atoms with E-state index in [9.17, 15) is 13.2 Å². The van der Waals surface area contributed by atoms with Crippen molar-refractivity contribution in [1.29, 1.82) is 0 Å². The van der Waals surface area contributed by atoms with Crippen molar-refractivity contribution in [1.82, 2.24) is 0 Å². The highest BCUT2D eigenvalue weighted by atomic mass is 19.4. The first-order chi connectivity index (χ1) is 6.55. The molecule has 0 bridgehead atoms. The lowest BCUT2D eigenvalue weighted by Gasteiger charge is -2.17. The van der Waals surface area contributed by atoms with Crippen molar-refractivity contribution < 1.29 is 17.9 Å². The van der Waals surface area contributed by atoms with Gasteiger partial charge in [0, 0.05) is 5.56 Å². The zero-order valence-corrected chi connectivity index (χ0v) is 7.08. The van der Waals surface area contributed by atoms with Crippen molar-refractivity contribution in [2.24, 2.45) is 0 Å². The van der Waals surface area contributed by atoms with Gasteiger partial charge < -0.3 is 4.74 Å². The minimum Gasteiger partial charge on any atom is -0.429 e. The maximum Gasteiger partial charge on any atom is 0.430 e. The van der Waals surface area contributed by atoms with E-state index in [-0.39, 0.29) is 5.56 Å². The summed E-state index contributed by atoms with van der Waals surface area (Å²) in [6.45, 7) is 0. The Hall–Kier alpha value is -1.63. The van der Waals surface area contributed by atoms with Gasteiger partial charge in [-0.05, 0) is 0 Å². The fraction of sp³-hybridized carbons (Fsp3) is 0.200. The number of alkyl halides is 3. The molecule has 0 fully saturated rings. The van der Waals surface area contributed by atoms with E-state index in [1.54, 1.807) is 12.2 Å². The molecule has 0 spiro atoms. The van der Waals surface area contributed by atoms with Crippen LogP contribution < -0.4 is 0 Å². The van der Waals surface area contributed by atoms with Gasteiger partial charge >= 0.3 is 6.18 Å². The molecular formula is C10H7F3O. The zero-order valence-electron chi connectivity index (χ0n) is 7.08. The molecule has 0 saturated carbocycles. The highest BCUT2D eigenvalue weighted by Gasteiger charge is 2.42. The van der Waals surface area contributed by atoms with Crippen LogP contribution in [0.25, 0.3) is 0 Å². The van der Waals surface area contributed by atoms with E-state index in [0.29, 0.717) is 0 Å². The smallest absolute Gasteiger partial charge is 0.429 e. The molecule has 0 saturated heterocycles. The van der Waals surface area contributed by atoms with Gasteiger partial charge in [-0.25, -0.2) is 0 Å². The molecule has 1 nitrogen and oxygen atoms in total. The number of terminal acetylenes is 1. The summed E-state index contributed by atoms with van der Waals surface area (Å²) in [5.74, 6) is 0. The number of rotatable bonds is 2. The van der Waals surface area contributed by atoms with Gasteiger partial charge in [0.1, 0.15) is 6.11 Å². The van der Waals surface area contributed by atoms with E-state index in [1.165, 1.54) is 24.3 Å². The monoisotopic (exact) mass is 200 g/mol. The van der Waals surface area contributed by atoms with Crippen LogP contribution in [0.15, 0.2) is 30.3 Å². The lowest BCUT2D eigenvalue weighted by Crippen LogP contribution is -2.22. The van der Waals surface area contributed by atoms with E-state index in [1.807, 2.05) is 0 Å². The van der Waals surface area contributed by atoms with E-state index in [2.05, 4.69) is 4.74 Å². The molecule has 0 aliphatic heterocycles. The maximum atomic E-state index is 12.4. The van der Waals surface area contributed by atoms with Crippen LogP contribution in [0.5, 0.6) is 0 Å². The average molecular weight is 200 g/mol. The molecule has 1 aromatic rings. The van der Waals surface area contributed by atoms with Gasteiger partial charge in [0.25, 0.3) is 0 Å². The summed E-state index contributed by atoms with van der Waals surface area (Å²) in [5.41, 5.74) is -0.00190. The Labute approximate surface area is 79.5 Å². The van der Waals surface area contributed by atoms with E-state index in [0.717, 1.165) is 0 Å². The number of benzene rings is 1. The van der Waals surface area contributed by atoms with Crippen molar-refractivity contribution in [2.75, 3.05) is 0 Å². The summed E-state index contributed by atoms with van der Waals surface area (Å²) in [6.07, 6.45) is -0.296. The largest absolute Gasteiger partial charge is 0.430 e. The van der Waals surface area contributed by atoms with Gasteiger partial charge in [-0.2, -0.15) is 13.2 Å². The molecule has 0 aliphatic rings. The second-order valence-electron chi connectivity index (χ2n) is 2.57. The van der Waals surface area contributed by atoms with Crippen molar-refractivity contribution in [3.8, 4) is 12.5 Å². The Balaban J connectivity index is 2.96. The van der Waals surface area contributed by atoms with E-state index in [4.69, 9.17) is 6.42 Å². The highest BCUT2D eigenvalue weighted by Crippen LogP contribution is 2.35. The first kappa shape index (κ1) is 10.5. The zero-order chi connectivity index (χ0) is 10.6. The predicted octanol–water partition coefficient (Wildman–Crippen LogP) is 2.90. The average Bonchev–Trinajstić information content (AvgIpc) is 2.14. The molecule has 74 valence electrons. The van der Waals surface area contributed by atoms with Crippen LogP contribution in [0.1, 0.15) is 11.7 Å². The number of halogens is 3. The van der Waals surface area contributed by atoms with Gasteiger partial charge in [-0.1, -0.05) is 36.8 Å². The normalized spacial score (nSPS) is 13.0. The van der Waals surface area contributed by atoms with Gasteiger partial charge in [0.2, 0.25) is 6.10 Å². The standard InChI is InChI=1S/C10H7F3O/c1-2-14-9(10(11,12)13)8-6-4-3-5-7-8/h1,3-7,9H. The van der Waals surface area contributed by atoms with Gasteiger partial charge in [0.05, 0.1) is 0 Å². The van der Waals surface area contributed by atoms with E-state index >= 15 is 0 Å². The van der Waals surface area contributed by atoms with Crippen molar-refractivity contribution >= 4 is 0 Å². The van der Waals surface area contributed by atoms with Gasteiger partial charge in [-0.15, -0.1) is 0 Å². The quantitative estimate of drug-likeness (QED) is 0.667. The number of hydrogen-bond acceptors (Lipinski definition) is 1. The molecule has 1 atom stereocenters. The topological polar surface area (TPSA) is 9.23 Å². The summed E-state index contributed by atoms with van der Waals surface area (Å²) in [5, 5.41) is 0. The summed E-state index contributed by atoms with van der Waals surface area (Å²) in [7, 11) is 0. The molecule has 0 heterocycles. The van der Waals surface area contributed by atoms with Gasteiger partial charge in [-0.3, -0.25) is 0 Å². The number of hydrogen-bond donors (Lipinski definition) is 0. The molecule has 1 unspecified atom stereocenters. The van der Waals surface area contributed by atoms with Crippen LogP contribution in [0, 0.1) is 12.5 Å². The molecule has 1 aromatic carbocycles. The fourth-order valence-corrected chi connectivity index (χ4v) is 1.02. The van der Waals surface area contributed by atoms with Gasteiger partial charge in [0.15, 0.2) is 0 Å². The molecule has 0 aliphatic carbocycles. The van der Waals surface area contributed by atoms with Crippen molar-refractivity contribution in [3.05, 3.63) is 35.9 Å². The SMILES string of the molecule is C#COC(c1ccccc1)C(F)(F)F. The minimum absolute atomic E-state index is 0.00190. The molecule has 0 aromatic heterocycles. The lowest BCUT2D eigenvalue weighted by molar-refractivity contribution is -0.205. The predicted molar refractivity (Wildman–Crippen MR) is 45.2 cm³/mol. The highest BCUT2D eigenvalue weighted by molar-refractivity contribution is 5.19. The second-order valence-corrected chi connectivity index (χ2v) is 2.57. The molecule has 14 heavy (non-hydrogen) atoms. The van der Waals surface area contributed by atoms with Crippen LogP contribution in [-0.2, 0) is 4.74 Å². The van der Waals surface area contributed by atoms with E-state index < -0.39 is 12.3 Å². The van der Waals surface area contributed by atoms with Crippen molar-refractivity contribution in [2.45, 2.75) is 12.3 Å². The second kappa shape index (κ2) is 4.05. The van der Waals surface area contributed by atoms with Crippen LogP contribution >= 0.6 is 0 Å². The molecular weight excluding hydrogens is 193 g/mol. The third-order valence-corrected chi connectivity index (χ3v) is 1.59. The summed E-state index contributed by atoms with van der Waals surface area (Å²) < 4.78 is 41.3. The van der Waals surface area contributed by atoms with Crippen molar-refractivity contribution in [3.63, 3.8) is 0 Å². The Morgan fingerprint density at radius 3 is 2.21 bits per heavy atom. The Morgan fingerprint density at radius 2 is 1.79 bits per heavy atom. The summed E-state index contributed by atoms with van der Waals surface area (Å²) in [6, 6.07) is 7.24. The summed E-state index contributed by atoms with van der Waals surface area (Å²) >= 11 is 0. The first-order valence-corrected chi connectivity index (χ1v) is 3.78. The fourth-order valence-electron chi connectivity index (χ4n) is 1.02. The molecule has 1 rings (SSSR count). The third kappa shape index (κ3) is 2.43. The molecule has 4 heteroatoms. The third-order valence-electron chi connectivity index (χ3n) is 1.59. The molecule has 0 N–H and O–H groups in total. The summed E-state index contributed by atoms with van der Waals surface area (Å²) in [4.78, 5) is 0. The Morgan fingerprint density at radius 1 is 1.21 bits per heavy atom. The van der Waals surface area contributed by atoms with Crippen LogP contribution in [0.2, 0.25) is 0 Å². The first-order valence-electron chi connectivity index (χ1n) is 3.78. The lowest BCUT2D eigenvalue weighted by atomic mass is 10.1. The van der Waals surface area contributed by atoms with Crippen LogP contribution in [0.4, 0.5) is 13.2 Å². The minimum atomic E-state index is -4.49. The van der Waals surface area contributed by atoms with Crippen LogP contribution in [-0.4, -0.2) is 6.18 Å².